The highest BCUT2D eigenvalue weighted by Crippen LogP contribution is 2.21. The largest absolute Gasteiger partial charge is 0.394 e. The Bertz CT molecular complexity index is 495. The molecule has 0 bridgehead atoms. The number of halogens is 2. The minimum atomic E-state index is -0.996. The van der Waals surface area contributed by atoms with E-state index in [1.54, 1.807) is 7.11 Å². The molecule has 0 radical (unpaired) electrons. The van der Waals surface area contributed by atoms with Gasteiger partial charge in [0.05, 0.1) is 25.2 Å². The first-order valence-electron chi connectivity index (χ1n) is 6.42. The lowest BCUT2D eigenvalue weighted by molar-refractivity contribution is -0.132. The van der Waals surface area contributed by atoms with Crippen LogP contribution in [-0.4, -0.2) is 48.3 Å². The molecule has 0 spiro atoms. The maximum atomic E-state index is 13.6. The van der Waals surface area contributed by atoms with Crippen molar-refractivity contribution in [2.45, 2.75) is 25.0 Å². The number of likely N-dealkylation sites (tertiary alicyclic amines) is 1. The highest BCUT2D eigenvalue weighted by molar-refractivity contribution is 5.79. The Hall–Kier alpha value is -1.53. The van der Waals surface area contributed by atoms with E-state index in [1.165, 1.54) is 17.0 Å². The van der Waals surface area contributed by atoms with Gasteiger partial charge in [0.15, 0.2) is 11.6 Å². The molecule has 2 rings (SSSR count). The summed E-state index contributed by atoms with van der Waals surface area (Å²) < 4.78 is 31.8. The molecule has 1 amide bonds. The number of carbonyl (C=O) groups is 1. The second-order valence-electron chi connectivity index (χ2n) is 4.87. The summed E-state index contributed by atoms with van der Waals surface area (Å²) in [7, 11) is 1.54. The van der Waals surface area contributed by atoms with Gasteiger partial charge >= 0.3 is 0 Å². The summed E-state index contributed by atoms with van der Waals surface area (Å²) >= 11 is 0. The Morgan fingerprint density at radius 3 is 2.90 bits per heavy atom. The minimum absolute atomic E-state index is 0.0209. The molecule has 0 saturated carbocycles. The first kappa shape index (κ1) is 14.9. The SMILES string of the molecule is CO[C@@H]1C[C@@H](CO)N(C(=O)Cc2cccc(F)c2F)C1. The monoisotopic (exact) mass is 285 g/mol. The van der Waals surface area contributed by atoms with Crippen LogP contribution in [0.2, 0.25) is 0 Å². The van der Waals surface area contributed by atoms with Gasteiger partial charge in [-0.1, -0.05) is 12.1 Å². The number of ether oxygens (including phenoxy) is 1. The maximum Gasteiger partial charge on any atom is 0.227 e. The Labute approximate surface area is 116 Å². The highest BCUT2D eigenvalue weighted by Gasteiger charge is 2.34. The summed E-state index contributed by atoms with van der Waals surface area (Å²) in [6.45, 7) is 0.189. The molecule has 1 heterocycles. The number of nitrogens with zero attached hydrogens (tertiary/aromatic N) is 1. The van der Waals surface area contributed by atoms with Gasteiger partial charge in [-0.15, -0.1) is 0 Å². The van der Waals surface area contributed by atoms with Crippen molar-refractivity contribution in [1.29, 1.82) is 0 Å². The van der Waals surface area contributed by atoms with E-state index in [4.69, 9.17) is 4.74 Å². The van der Waals surface area contributed by atoms with Crippen LogP contribution in [0.5, 0.6) is 0 Å². The number of hydrogen-bond donors (Lipinski definition) is 1. The Kier molecular flexibility index (Phi) is 4.67. The van der Waals surface area contributed by atoms with Crippen LogP contribution in [0, 0.1) is 11.6 Å². The summed E-state index contributed by atoms with van der Waals surface area (Å²) in [5.41, 5.74) is 0.0209. The molecule has 4 nitrogen and oxygen atoms in total. The van der Waals surface area contributed by atoms with Crippen molar-refractivity contribution in [3.8, 4) is 0 Å². The average molecular weight is 285 g/mol. The van der Waals surface area contributed by atoms with Crippen LogP contribution in [-0.2, 0) is 16.0 Å². The molecule has 20 heavy (non-hydrogen) atoms. The number of hydrogen-bond acceptors (Lipinski definition) is 3. The van der Waals surface area contributed by atoms with Crippen LogP contribution in [0.1, 0.15) is 12.0 Å². The van der Waals surface area contributed by atoms with Gasteiger partial charge in [-0.25, -0.2) is 8.78 Å². The van der Waals surface area contributed by atoms with Gasteiger partial charge in [-0.2, -0.15) is 0 Å². The zero-order valence-corrected chi connectivity index (χ0v) is 11.2. The predicted molar refractivity (Wildman–Crippen MR) is 68.1 cm³/mol. The molecule has 1 N–H and O–H groups in total. The van der Waals surface area contributed by atoms with E-state index in [0.29, 0.717) is 13.0 Å². The van der Waals surface area contributed by atoms with E-state index in [-0.39, 0.29) is 36.6 Å². The molecule has 1 aromatic rings. The summed E-state index contributed by atoms with van der Waals surface area (Å²) in [6.07, 6.45) is 0.189. The van der Waals surface area contributed by atoms with E-state index in [9.17, 15) is 18.7 Å². The first-order chi connectivity index (χ1) is 9.56. The van der Waals surface area contributed by atoms with Crippen molar-refractivity contribution < 1.29 is 23.4 Å². The van der Waals surface area contributed by atoms with Crippen LogP contribution < -0.4 is 0 Å². The lowest BCUT2D eigenvalue weighted by atomic mass is 10.1. The summed E-state index contributed by atoms with van der Waals surface area (Å²) in [5, 5.41) is 9.28. The summed E-state index contributed by atoms with van der Waals surface area (Å²) in [6, 6.07) is 3.43. The quantitative estimate of drug-likeness (QED) is 0.902. The molecular formula is C14H17F2NO3. The van der Waals surface area contributed by atoms with E-state index in [1.807, 2.05) is 0 Å². The van der Waals surface area contributed by atoms with E-state index < -0.39 is 11.6 Å². The number of aliphatic hydroxyl groups excluding tert-OH is 1. The number of carbonyl (C=O) groups excluding carboxylic acids is 1. The Balaban J connectivity index is 2.09. The second-order valence-corrected chi connectivity index (χ2v) is 4.87. The van der Waals surface area contributed by atoms with E-state index >= 15 is 0 Å². The van der Waals surface area contributed by atoms with Crippen LogP contribution in [0.4, 0.5) is 8.78 Å². The van der Waals surface area contributed by atoms with Crippen molar-refractivity contribution in [3.63, 3.8) is 0 Å². The van der Waals surface area contributed by atoms with Crippen molar-refractivity contribution in [1.82, 2.24) is 4.90 Å². The summed E-state index contributed by atoms with van der Waals surface area (Å²) in [5.74, 6) is -2.30. The van der Waals surface area contributed by atoms with Crippen LogP contribution >= 0.6 is 0 Å². The van der Waals surface area contributed by atoms with Crippen LogP contribution in [0.15, 0.2) is 18.2 Å². The molecule has 0 aromatic heterocycles. The zero-order chi connectivity index (χ0) is 14.7. The fourth-order valence-electron chi connectivity index (χ4n) is 2.47. The lowest BCUT2D eigenvalue weighted by Crippen LogP contribution is -2.39. The normalized spacial score (nSPS) is 22.3. The van der Waals surface area contributed by atoms with Gasteiger partial charge in [0, 0.05) is 19.2 Å². The third-order valence-electron chi connectivity index (χ3n) is 3.61. The first-order valence-corrected chi connectivity index (χ1v) is 6.42. The van der Waals surface area contributed by atoms with Crippen LogP contribution in [0.25, 0.3) is 0 Å². The number of rotatable bonds is 4. The van der Waals surface area contributed by atoms with E-state index in [0.717, 1.165) is 6.07 Å². The molecule has 2 atom stereocenters. The van der Waals surface area contributed by atoms with Gasteiger partial charge in [-0.3, -0.25) is 4.79 Å². The van der Waals surface area contributed by atoms with E-state index in [2.05, 4.69) is 0 Å². The summed E-state index contributed by atoms with van der Waals surface area (Å²) in [4.78, 5) is 13.6. The third kappa shape index (κ3) is 2.96. The number of methoxy groups -OCH3 is 1. The smallest absolute Gasteiger partial charge is 0.227 e. The molecule has 1 aliphatic heterocycles. The minimum Gasteiger partial charge on any atom is -0.394 e. The van der Waals surface area contributed by atoms with Gasteiger partial charge in [0.25, 0.3) is 0 Å². The van der Waals surface area contributed by atoms with Crippen LogP contribution in [0.3, 0.4) is 0 Å². The molecule has 0 unspecified atom stereocenters. The molecule has 110 valence electrons. The lowest BCUT2D eigenvalue weighted by Gasteiger charge is -2.22. The standard InChI is InChI=1S/C14H17F2NO3/c1-20-11-6-10(8-18)17(7-11)13(19)5-9-3-2-4-12(15)14(9)16/h2-4,10-11,18H,5-8H2,1H3/t10-,11+/m0/s1. The molecule has 1 aliphatic rings. The maximum absolute atomic E-state index is 13.6. The average Bonchev–Trinajstić information content (AvgIpc) is 2.87. The Morgan fingerprint density at radius 1 is 1.50 bits per heavy atom. The molecular weight excluding hydrogens is 268 g/mol. The predicted octanol–water partition coefficient (Wildman–Crippen LogP) is 1.12. The van der Waals surface area contributed by atoms with Crippen molar-refractivity contribution in [3.05, 3.63) is 35.4 Å². The third-order valence-corrected chi connectivity index (χ3v) is 3.61. The molecule has 6 heteroatoms. The Morgan fingerprint density at radius 2 is 2.25 bits per heavy atom. The highest BCUT2D eigenvalue weighted by atomic mass is 19.2. The van der Waals surface area contributed by atoms with Gasteiger partial charge in [-0.05, 0) is 12.5 Å². The van der Waals surface area contributed by atoms with Gasteiger partial charge in [0.1, 0.15) is 0 Å². The fraction of sp³-hybridized carbons (Fsp3) is 0.500. The molecule has 1 aromatic carbocycles. The zero-order valence-electron chi connectivity index (χ0n) is 11.2. The van der Waals surface area contributed by atoms with Crippen molar-refractivity contribution in [2.75, 3.05) is 20.3 Å². The molecule has 1 fully saturated rings. The van der Waals surface area contributed by atoms with Gasteiger partial charge in [0.2, 0.25) is 5.91 Å². The number of aliphatic hydroxyl groups is 1. The number of amides is 1. The topological polar surface area (TPSA) is 49.8 Å². The number of benzene rings is 1. The molecule has 1 saturated heterocycles. The van der Waals surface area contributed by atoms with Crippen molar-refractivity contribution >= 4 is 5.91 Å². The second kappa shape index (κ2) is 6.28. The van der Waals surface area contributed by atoms with Gasteiger partial charge < -0.3 is 14.7 Å². The molecule has 0 aliphatic carbocycles. The van der Waals surface area contributed by atoms with Crippen molar-refractivity contribution in [2.24, 2.45) is 0 Å². The fourth-order valence-corrected chi connectivity index (χ4v) is 2.47.